The monoisotopic (exact) mass is 339 g/mol. The topological polar surface area (TPSA) is 53.2 Å². The highest BCUT2D eigenvalue weighted by Gasteiger charge is 2.32. The molecule has 0 aliphatic heterocycles. The Balaban J connectivity index is 2.62. The number of rotatable bonds is 4. The molecule has 0 aliphatic rings. The van der Waals surface area contributed by atoms with E-state index in [1.165, 1.54) is 0 Å². The van der Waals surface area contributed by atoms with Crippen LogP contribution in [0.4, 0.5) is 5.69 Å². The highest BCUT2D eigenvalue weighted by molar-refractivity contribution is 7.80. The van der Waals surface area contributed by atoms with E-state index in [2.05, 4.69) is 16.0 Å². The molecule has 4 nitrogen and oxygen atoms in total. The minimum atomic E-state index is -1.72. The molecule has 0 fully saturated rings. The van der Waals surface area contributed by atoms with E-state index in [4.69, 9.17) is 47.0 Å². The highest BCUT2D eigenvalue weighted by atomic mass is 35.6. The minimum absolute atomic E-state index is 0.231. The Kier molecular flexibility index (Phi) is 6.13. The lowest BCUT2D eigenvalue weighted by Gasteiger charge is -2.26. The van der Waals surface area contributed by atoms with Crippen LogP contribution in [0.2, 0.25) is 0 Å². The largest absolute Gasteiger partial charge is 0.339 e. The average molecular weight is 341 g/mol. The summed E-state index contributed by atoms with van der Waals surface area (Å²) < 4.78 is -1.72. The van der Waals surface area contributed by atoms with Crippen LogP contribution < -0.4 is 16.0 Å². The molecule has 1 rings (SSSR count). The molecule has 3 N–H and O–H groups in total. The van der Waals surface area contributed by atoms with Gasteiger partial charge in [-0.1, -0.05) is 52.5 Å². The van der Waals surface area contributed by atoms with Gasteiger partial charge in [0.2, 0.25) is 10.2 Å². The third-order valence-electron chi connectivity index (χ3n) is 2.15. The van der Waals surface area contributed by atoms with Crippen LogP contribution in [-0.4, -0.2) is 21.5 Å². The Morgan fingerprint density at radius 2 is 1.89 bits per heavy atom. The van der Waals surface area contributed by atoms with Crippen LogP contribution in [-0.2, 0) is 4.79 Å². The number of hydrogen-bond donors (Lipinski definition) is 3. The van der Waals surface area contributed by atoms with Crippen molar-refractivity contribution in [3.8, 4) is 0 Å². The maximum atomic E-state index is 10.4. The van der Waals surface area contributed by atoms with Gasteiger partial charge in [-0.2, -0.15) is 0 Å². The number of halogens is 3. The first-order valence-electron chi connectivity index (χ1n) is 5.23. The fourth-order valence-corrected chi connectivity index (χ4v) is 1.81. The zero-order chi connectivity index (χ0) is 14.5. The number of thiocarbonyl (C=S) groups is 1. The Bertz CT molecular complexity index is 447. The second-order valence-electron chi connectivity index (χ2n) is 3.72. The Morgan fingerprint density at radius 1 is 1.32 bits per heavy atom. The van der Waals surface area contributed by atoms with Crippen molar-refractivity contribution >= 4 is 64.2 Å². The molecule has 0 spiro atoms. The predicted octanol–water partition coefficient (Wildman–Crippen LogP) is 2.72. The van der Waals surface area contributed by atoms with Crippen LogP contribution in [0.3, 0.4) is 0 Å². The maximum Gasteiger partial charge on any atom is 0.228 e. The van der Waals surface area contributed by atoms with E-state index >= 15 is 0 Å². The van der Waals surface area contributed by atoms with Crippen molar-refractivity contribution in [3.63, 3.8) is 0 Å². The first-order valence-corrected chi connectivity index (χ1v) is 6.77. The summed E-state index contributed by atoms with van der Waals surface area (Å²) in [4.78, 5) is 10.4. The van der Waals surface area contributed by atoms with Crippen LogP contribution in [0.1, 0.15) is 5.56 Å². The normalized spacial score (nSPS) is 12.4. The van der Waals surface area contributed by atoms with Gasteiger partial charge in [0.1, 0.15) is 6.17 Å². The van der Waals surface area contributed by atoms with Crippen LogP contribution in [0.25, 0.3) is 0 Å². The van der Waals surface area contributed by atoms with E-state index in [-0.39, 0.29) is 5.11 Å². The average Bonchev–Trinajstić information content (AvgIpc) is 2.30. The molecule has 0 bridgehead atoms. The zero-order valence-electron chi connectivity index (χ0n) is 9.91. The first-order chi connectivity index (χ1) is 8.82. The molecule has 0 saturated carbocycles. The smallest absolute Gasteiger partial charge is 0.228 e. The fraction of sp³-hybridized carbons (Fsp3) is 0.273. The Morgan fingerprint density at radius 3 is 2.37 bits per heavy atom. The molecule has 1 amide bonds. The quantitative estimate of drug-likeness (QED) is 0.341. The summed E-state index contributed by atoms with van der Waals surface area (Å²) in [5.41, 5.74) is 1.92. The third kappa shape index (κ3) is 5.82. The van der Waals surface area contributed by atoms with Gasteiger partial charge in [0.15, 0.2) is 5.11 Å². The summed E-state index contributed by atoms with van der Waals surface area (Å²) in [5, 5.41) is 8.19. The molecular formula is C11H12Cl3N3OS. The first kappa shape index (κ1) is 16.3. The Labute approximate surface area is 131 Å². The van der Waals surface area contributed by atoms with Crippen molar-refractivity contribution < 1.29 is 4.79 Å². The highest BCUT2D eigenvalue weighted by Crippen LogP contribution is 2.28. The molecule has 0 aliphatic carbocycles. The van der Waals surface area contributed by atoms with Gasteiger partial charge < -0.3 is 16.0 Å². The molecule has 0 heterocycles. The molecule has 0 aromatic heterocycles. The molecule has 104 valence electrons. The van der Waals surface area contributed by atoms with Crippen molar-refractivity contribution in [2.24, 2.45) is 0 Å². The molecular weight excluding hydrogens is 329 g/mol. The Hall–Kier alpha value is -0.750. The summed E-state index contributed by atoms with van der Waals surface area (Å²) >= 11 is 22.2. The number of nitrogens with one attached hydrogen (secondary N) is 3. The van der Waals surface area contributed by atoms with E-state index < -0.39 is 9.96 Å². The molecule has 1 unspecified atom stereocenters. The van der Waals surface area contributed by atoms with Crippen molar-refractivity contribution in [2.75, 3.05) is 5.32 Å². The van der Waals surface area contributed by atoms with Gasteiger partial charge in [-0.05, 0) is 31.3 Å². The third-order valence-corrected chi connectivity index (χ3v) is 3.02. The number of amides is 1. The van der Waals surface area contributed by atoms with Gasteiger partial charge in [-0.15, -0.1) is 0 Å². The zero-order valence-corrected chi connectivity index (χ0v) is 13.0. The molecule has 0 saturated heterocycles. The summed E-state index contributed by atoms with van der Waals surface area (Å²) in [7, 11) is 0. The maximum absolute atomic E-state index is 10.4. The molecule has 19 heavy (non-hydrogen) atoms. The van der Waals surface area contributed by atoms with Crippen molar-refractivity contribution in [1.82, 2.24) is 10.6 Å². The predicted molar refractivity (Wildman–Crippen MR) is 83.8 cm³/mol. The van der Waals surface area contributed by atoms with E-state index in [0.717, 1.165) is 11.3 Å². The number of alkyl halides is 3. The van der Waals surface area contributed by atoms with Crippen molar-refractivity contribution in [1.29, 1.82) is 0 Å². The van der Waals surface area contributed by atoms with E-state index in [1.54, 1.807) is 0 Å². The molecule has 1 aromatic rings. The van der Waals surface area contributed by atoms with Gasteiger partial charge >= 0.3 is 0 Å². The number of benzene rings is 1. The van der Waals surface area contributed by atoms with Gasteiger partial charge in [0, 0.05) is 5.69 Å². The number of aryl methyl sites for hydroxylation is 1. The lowest BCUT2D eigenvalue weighted by atomic mass is 10.2. The molecule has 1 aromatic carbocycles. The standard InChI is InChI=1S/C11H12Cl3N3OS/c1-7-2-4-8(5-3-7)16-10(19)17-9(15-6-18)11(12,13)14/h2-6,9H,1H3,(H,15,18)(H2,16,17,19). The van der Waals surface area contributed by atoms with Crippen molar-refractivity contribution in [3.05, 3.63) is 29.8 Å². The lowest BCUT2D eigenvalue weighted by molar-refractivity contribution is -0.110. The summed E-state index contributed by atoms with van der Waals surface area (Å²) in [6.07, 6.45) is -0.505. The summed E-state index contributed by atoms with van der Waals surface area (Å²) in [6, 6.07) is 7.59. The molecule has 1 atom stereocenters. The number of anilines is 1. The molecule has 8 heteroatoms. The van der Waals surface area contributed by atoms with E-state index in [9.17, 15) is 4.79 Å². The van der Waals surface area contributed by atoms with Gasteiger partial charge in [-0.3, -0.25) is 4.79 Å². The number of hydrogen-bond acceptors (Lipinski definition) is 2. The number of carbonyl (C=O) groups excluding carboxylic acids is 1. The second kappa shape index (κ2) is 7.14. The van der Waals surface area contributed by atoms with Gasteiger partial charge in [0.05, 0.1) is 0 Å². The van der Waals surface area contributed by atoms with Gasteiger partial charge in [-0.25, -0.2) is 0 Å². The van der Waals surface area contributed by atoms with Gasteiger partial charge in [0.25, 0.3) is 0 Å². The van der Waals surface area contributed by atoms with E-state index in [1.807, 2.05) is 31.2 Å². The summed E-state index contributed by atoms with van der Waals surface area (Å²) in [5.74, 6) is 0. The van der Waals surface area contributed by atoms with Crippen LogP contribution >= 0.6 is 47.0 Å². The SMILES string of the molecule is Cc1ccc(NC(=S)NC(NC=O)C(Cl)(Cl)Cl)cc1. The van der Waals surface area contributed by atoms with Crippen LogP contribution in [0, 0.1) is 6.92 Å². The van der Waals surface area contributed by atoms with Crippen molar-refractivity contribution in [2.45, 2.75) is 16.9 Å². The van der Waals surface area contributed by atoms with E-state index in [0.29, 0.717) is 6.41 Å². The molecule has 0 radical (unpaired) electrons. The second-order valence-corrected chi connectivity index (χ2v) is 6.50. The minimum Gasteiger partial charge on any atom is -0.339 e. The lowest BCUT2D eigenvalue weighted by Crippen LogP contribution is -2.53. The van der Waals surface area contributed by atoms with Crippen LogP contribution in [0.15, 0.2) is 24.3 Å². The number of carbonyl (C=O) groups is 1. The summed E-state index contributed by atoms with van der Waals surface area (Å²) in [6.45, 7) is 1.98. The van der Waals surface area contributed by atoms with Crippen LogP contribution in [0.5, 0.6) is 0 Å². The fourth-order valence-electron chi connectivity index (χ4n) is 1.22.